The van der Waals surface area contributed by atoms with Crippen molar-refractivity contribution in [2.24, 2.45) is 5.73 Å². The third-order valence-electron chi connectivity index (χ3n) is 5.68. The molecule has 0 saturated heterocycles. The summed E-state index contributed by atoms with van der Waals surface area (Å²) in [7, 11) is 0. The topological polar surface area (TPSA) is 108 Å². The highest BCUT2D eigenvalue weighted by Crippen LogP contribution is 2.55. The van der Waals surface area contributed by atoms with Crippen LogP contribution in [0.15, 0.2) is 60.0 Å². The van der Waals surface area contributed by atoms with Crippen molar-refractivity contribution in [1.29, 1.82) is 0 Å². The van der Waals surface area contributed by atoms with Crippen molar-refractivity contribution in [3.05, 3.63) is 82.6 Å². The summed E-state index contributed by atoms with van der Waals surface area (Å²) in [4.78, 5) is 26.7. The number of nitrogens with zero attached hydrogens (tertiary/aromatic N) is 2. The minimum Gasteiger partial charge on any atom is -0.462 e. The summed E-state index contributed by atoms with van der Waals surface area (Å²) in [6.45, 7) is 3.38. The highest BCUT2D eigenvalue weighted by atomic mass is 19.1. The van der Waals surface area contributed by atoms with Crippen LogP contribution in [0.5, 0.6) is 5.88 Å². The normalized spacial score (nSPS) is 18.8. The van der Waals surface area contributed by atoms with Gasteiger partial charge in [-0.15, -0.1) is 0 Å². The van der Waals surface area contributed by atoms with Gasteiger partial charge in [-0.25, -0.2) is 13.9 Å². The van der Waals surface area contributed by atoms with E-state index in [2.05, 4.69) is 10.4 Å². The average molecular weight is 434 g/mol. The number of hydrogen-bond acceptors (Lipinski definition) is 6. The van der Waals surface area contributed by atoms with E-state index in [0.717, 1.165) is 0 Å². The number of rotatable bonds is 3. The first-order valence-corrected chi connectivity index (χ1v) is 10.0. The van der Waals surface area contributed by atoms with Crippen LogP contribution < -0.4 is 15.8 Å². The van der Waals surface area contributed by atoms with Crippen LogP contribution in [-0.4, -0.2) is 28.3 Å². The molecule has 0 aliphatic carbocycles. The quantitative estimate of drug-likeness (QED) is 0.614. The van der Waals surface area contributed by atoms with Gasteiger partial charge in [0.05, 0.1) is 23.6 Å². The van der Waals surface area contributed by atoms with Gasteiger partial charge >= 0.3 is 5.97 Å². The predicted molar refractivity (Wildman–Crippen MR) is 113 cm³/mol. The molecule has 0 fully saturated rings. The van der Waals surface area contributed by atoms with Crippen LogP contribution in [0.4, 0.5) is 10.1 Å². The van der Waals surface area contributed by atoms with E-state index in [1.54, 1.807) is 13.8 Å². The molecule has 3 N–H and O–H groups in total. The van der Waals surface area contributed by atoms with Crippen molar-refractivity contribution < 1.29 is 23.5 Å². The van der Waals surface area contributed by atoms with E-state index in [1.165, 1.54) is 22.9 Å². The first-order valence-electron chi connectivity index (χ1n) is 10.0. The van der Waals surface area contributed by atoms with E-state index in [-0.39, 0.29) is 29.5 Å². The molecule has 1 aromatic heterocycles. The van der Waals surface area contributed by atoms with Gasteiger partial charge in [-0.2, -0.15) is 5.10 Å². The molecule has 0 saturated carbocycles. The Morgan fingerprint density at radius 3 is 2.75 bits per heavy atom. The third kappa shape index (κ3) is 2.51. The number of para-hydroxylation sites is 1. The molecule has 2 aliphatic rings. The lowest BCUT2D eigenvalue weighted by molar-refractivity contribution is -0.140. The lowest BCUT2D eigenvalue weighted by Crippen LogP contribution is -2.46. The van der Waals surface area contributed by atoms with Gasteiger partial charge in [0.1, 0.15) is 16.8 Å². The number of benzene rings is 2. The van der Waals surface area contributed by atoms with Crippen LogP contribution in [0, 0.1) is 12.7 Å². The number of esters is 1. The van der Waals surface area contributed by atoms with E-state index in [0.29, 0.717) is 22.6 Å². The van der Waals surface area contributed by atoms with Gasteiger partial charge in [0.2, 0.25) is 17.7 Å². The molecule has 5 rings (SSSR count). The van der Waals surface area contributed by atoms with Crippen molar-refractivity contribution in [2.45, 2.75) is 19.3 Å². The number of carbonyl (C=O) groups is 2. The SMILES string of the molecule is CCOC(=O)C1=C(N)Oc2c(c(C)nn2-c2ccccc2)[C@@]12C(=O)Nc1ccc(F)cc12. The summed E-state index contributed by atoms with van der Waals surface area (Å²) in [5.74, 6) is -2.09. The van der Waals surface area contributed by atoms with Crippen molar-refractivity contribution >= 4 is 17.6 Å². The van der Waals surface area contributed by atoms with Gasteiger partial charge in [-0.05, 0) is 44.2 Å². The van der Waals surface area contributed by atoms with E-state index in [9.17, 15) is 14.0 Å². The predicted octanol–water partition coefficient (Wildman–Crippen LogP) is 2.68. The van der Waals surface area contributed by atoms with Crippen LogP contribution >= 0.6 is 0 Å². The maximum atomic E-state index is 14.4. The summed E-state index contributed by atoms with van der Waals surface area (Å²) >= 11 is 0. The van der Waals surface area contributed by atoms with Gasteiger partial charge in [-0.3, -0.25) is 4.79 Å². The Morgan fingerprint density at radius 2 is 2.03 bits per heavy atom. The standard InChI is InChI=1S/C23H19FN4O4/c1-3-31-21(29)18-19(25)32-20-17(12(2)27-28(20)14-7-5-4-6-8-14)23(18)15-11-13(24)9-10-16(15)26-22(23)30/h4-11H,3,25H2,1-2H3,(H,26,30)/t23-/m1/s1. The monoisotopic (exact) mass is 434 g/mol. The lowest BCUT2D eigenvalue weighted by atomic mass is 9.68. The molecule has 2 aliphatic heterocycles. The maximum Gasteiger partial charge on any atom is 0.341 e. The Kier molecular flexibility index (Phi) is 4.30. The first kappa shape index (κ1) is 19.8. The molecule has 9 heteroatoms. The minimum absolute atomic E-state index is 0.0540. The van der Waals surface area contributed by atoms with Gasteiger partial charge in [-0.1, -0.05) is 18.2 Å². The second-order valence-corrected chi connectivity index (χ2v) is 7.47. The van der Waals surface area contributed by atoms with E-state index in [4.69, 9.17) is 15.2 Å². The van der Waals surface area contributed by atoms with Crippen molar-refractivity contribution in [3.63, 3.8) is 0 Å². The number of carbonyl (C=O) groups excluding carboxylic acids is 2. The molecule has 0 unspecified atom stereocenters. The van der Waals surface area contributed by atoms with Crippen LogP contribution in [0.2, 0.25) is 0 Å². The Morgan fingerprint density at radius 1 is 1.28 bits per heavy atom. The molecule has 1 spiro atoms. The van der Waals surface area contributed by atoms with Gasteiger partial charge in [0.25, 0.3) is 0 Å². The molecule has 0 radical (unpaired) electrons. The van der Waals surface area contributed by atoms with Gasteiger partial charge in [0, 0.05) is 11.3 Å². The summed E-state index contributed by atoms with van der Waals surface area (Å²) < 4.78 is 27.0. The summed E-state index contributed by atoms with van der Waals surface area (Å²) in [5, 5.41) is 7.32. The largest absolute Gasteiger partial charge is 0.462 e. The van der Waals surface area contributed by atoms with Crippen molar-refractivity contribution in [3.8, 4) is 11.6 Å². The zero-order chi connectivity index (χ0) is 22.6. The van der Waals surface area contributed by atoms with E-state index < -0.39 is 23.1 Å². The highest BCUT2D eigenvalue weighted by Gasteiger charge is 2.61. The molecule has 1 amide bonds. The molecular weight excluding hydrogens is 415 g/mol. The number of nitrogens with one attached hydrogen (secondary N) is 1. The Labute approximate surface area is 182 Å². The number of amides is 1. The maximum absolute atomic E-state index is 14.4. The van der Waals surface area contributed by atoms with Crippen LogP contribution in [0.25, 0.3) is 5.69 Å². The lowest BCUT2D eigenvalue weighted by Gasteiger charge is -2.34. The van der Waals surface area contributed by atoms with Crippen molar-refractivity contribution in [2.75, 3.05) is 11.9 Å². The Hall–Kier alpha value is -4.14. The second-order valence-electron chi connectivity index (χ2n) is 7.47. The highest BCUT2D eigenvalue weighted by molar-refractivity contribution is 6.17. The number of fused-ring (bicyclic) bond motifs is 4. The number of ether oxygens (including phenoxy) is 2. The average Bonchev–Trinajstić information content (AvgIpc) is 3.24. The summed E-state index contributed by atoms with van der Waals surface area (Å²) in [6.07, 6.45) is 0. The minimum atomic E-state index is -1.78. The fraction of sp³-hybridized carbons (Fsp3) is 0.174. The second kappa shape index (κ2) is 6.94. The van der Waals surface area contributed by atoms with Crippen LogP contribution in [-0.2, 0) is 19.7 Å². The number of nitrogens with two attached hydrogens (primary N) is 1. The number of hydrogen-bond donors (Lipinski definition) is 2. The number of anilines is 1. The third-order valence-corrected chi connectivity index (χ3v) is 5.68. The van der Waals surface area contributed by atoms with Gasteiger partial charge in [0.15, 0.2) is 0 Å². The smallest absolute Gasteiger partial charge is 0.341 e. The molecule has 8 nitrogen and oxygen atoms in total. The molecule has 3 aromatic rings. The van der Waals surface area contributed by atoms with Crippen molar-refractivity contribution in [1.82, 2.24) is 9.78 Å². The van der Waals surface area contributed by atoms with Crippen LogP contribution in [0.3, 0.4) is 0 Å². The molecule has 32 heavy (non-hydrogen) atoms. The fourth-order valence-corrected chi connectivity index (χ4v) is 4.47. The van der Waals surface area contributed by atoms with E-state index >= 15 is 0 Å². The number of aryl methyl sites for hydroxylation is 1. The summed E-state index contributed by atoms with van der Waals surface area (Å²) in [5.41, 5.74) is 6.25. The fourth-order valence-electron chi connectivity index (χ4n) is 4.47. The Balaban J connectivity index is 1.89. The molecular formula is C23H19FN4O4. The van der Waals surface area contributed by atoms with Crippen LogP contribution in [0.1, 0.15) is 23.7 Å². The molecule has 162 valence electrons. The van der Waals surface area contributed by atoms with Gasteiger partial charge < -0.3 is 20.5 Å². The zero-order valence-corrected chi connectivity index (χ0v) is 17.3. The molecule has 3 heterocycles. The Bertz CT molecular complexity index is 1320. The molecule has 2 aromatic carbocycles. The molecule has 1 atom stereocenters. The molecule has 0 bridgehead atoms. The zero-order valence-electron chi connectivity index (χ0n) is 17.3. The van der Waals surface area contributed by atoms with E-state index in [1.807, 2.05) is 30.3 Å². The number of halogens is 1. The number of aromatic nitrogens is 2. The summed E-state index contributed by atoms with van der Waals surface area (Å²) in [6, 6.07) is 13.0. The first-order chi connectivity index (χ1) is 15.4.